The van der Waals surface area contributed by atoms with Crippen LogP contribution in [0.3, 0.4) is 0 Å². The molecule has 0 saturated heterocycles. The van der Waals surface area contributed by atoms with Crippen LogP contribution in [0.5, 0.6) is 0 Å². The lowest BCUT2D eigenvalue weighted by Gasteiger charge is -2.02. The average molecular weight is 197 g/mol. The van der Waals surface area contributed by atoms with Crippen molar-refractivity contribution in [2.45, 2.75) is 6.92 Å². The van der Waals surface area contributed by atoms with Gasteiger partial charge < -0.3 is 4.90 Å². The molecule has 0 N–H and O–H groups in total. The molecule has 0 radical (unpaired) electrons. The third kappa shape index (κ3) is 17.8. The third-order valence-electron chi connectivity index (χ3n) is 0.630. The van der Waals surface area contributed by atoms with Gasteiger partial charge in [-0.1, -0.05) is 0 Å². The molecule has 0 aliphatic heterocycles. The number of halogens is 3. The molecule has 0 bridgehead atoms. The van der Waals surface area contributed by atoms with Crippen LogP contribution in [0.15, 0.2) is 0 Å². The summed E-state index contributed by atoms with van der Waals surface area (Å²) in [7, 11) is 3.45. The van der Waals surface area contributed by atoms with Gasteiger partial charge in [-0.3, -0.25) is 4.79 Å². The maximum Gasteiger partial charge on any atom is 0.218 e. The Morgan fingerprint density at radius 1 is 1.11 bits per heavy atom. The molecular formula is C4H12Cl3NO. The minimum absolute atomic E-state index is 0. The molecule has 60 valence electrons. The third-order valence-corrected chi connectivity index (χ3v) is 0.630. The summed E-state index contributed by atoms with van der Waals surface area (Å²) < 4.78 is 0. The second-order valence-electron chi connectivity index (χ2n) is 1.41. The normalized spacial score (nSPS) is 5.22. The van der Waals surface area contributed by atoms with Crippen LogP contribution in [0.4, 0.5) is 0 Å². The topological polar surface area (TPSA) is 20.3 Å². The fourth-order valence-corrected chi connectivity index (χ4v) is 0. The van der Waals surface area contributed by atoms with Gasteiger partial charge in [0.05, 0.1) is 0 Å². The van der Waals surface area contributed by atoms with E-state index in [0.29, 0.717) is 0 Å². The van der Waals surface area contributed by atoms with Crippen molar-refractivity contribution < 1.29 is 4.79 Å². The van der Waals surface area contributed by atoms with Crippen molar-refractivity contribution in [1.82, 2.24) is 4.90 Å². The molecule has 0 aliphatic rings. The molecule has 0 fully saturated rings. The molecule has 0 saturated carbocycles. The van der Waals surface area contributed by atoms with E-state index in [2.05, 4.69) is 0 Å². The number of hydrogen-bond donors (Lipinski definition) is 0. The highest BCUT2D eigenvalue weighted by molar-refractivity contribution is 5.86. The summed E-state index contributed by atoms with van der Waals surface area (Å²) in [6.07, 6.45) is 0. The predicted octanol–water partition coefficient (Wildman–Crippen LogP) is 1.36. The Hall–Kier alpha value is 0.340. The average Bonchev–Trinajstić information content (AvgIpc) is 1.36. The van der Waals surface area contributed by atoms with Gasteiger partial charge in [0.25, 0.3) is 0 Å². The molecule has 0 spiro atoms. The number of carbonyl (C=O) groups is 1. The molecule has 2 nitrogen and oxygen atoms in total. The van der Waals surface area contributed by atoms with E-state index in [4.69, 9.17) is 0 Å². The fourth-order valence-electron chi connectivity index (χ4n) is 0. The molecule has 0 rings (SSSR count). The van der Waals surface area contributed by atoms with E-state index in [1.165, 1.54) is 11.8 Å². The van der Waals surface area contributed by atoms with Gasteiger partial charge in [0.2, 0.25) is 5.91 Å². The van der Waals surface area contributed by atoms with Crippen LogP contribution in [0.2, 0.25) is 0 Å². The highest BCUT2D eigenvalue weighted by Crippen LogP contribution is 1.69. The number of nitrogens with zero attached hydrogens (tertiary/aromatic N) is 1. The highest BCUT2D eigenvalue weighted by atomic mass is 35.5. The quantitative estimate of drug-likeness (QED) is 0.573. The van der Waals surface area contributed by atoms with Crippen LogP contribution in [0.1, 0.15) is 6.92 Å². The molecule has 5 heteroatoms. The second-order valence-corrected chi connectivity index (χ2v) is 1.41. The van der Waals surface area contributed by atoms with E-state index in [1.54, 1.807) is 14.1 Å². The molecule has 0 unspecified atom stereocenters. The number of rotatable bonds is 0. The molecule has 0 aromatic heterocycles. The zero-order valence-electron chi connectivity index (χ0n) is 5.58. The Kier molecular flexibility index (Phi) is 28.3. The maximum absolute atomic E-state index is 10.1. The summed E-state index contributed by atoms with van der Waals surface area (Å²) in [5.41, 5.74) is 0. The van der Waals surface area contributed by atoms with Crippen LogP contribution in [-0.4, -0.2) is 24.9 Å². The van der Waals surface area contributed by atoms with Crippen molar-refractivity contribution in [3.8, 4) is 0 Å². The summed E-state index contributed by atoms with van der Waals surface area (Å²) in [6, 6.07) is 0. The SMILES string of the molecule is CC(=O)N(C)C.Cl.Cl.Cl. The molecular weight excluding hydrogens is 184 g/mol. The molecule has 0 aromatic rings. The summed E-state index contributed by atoms with van der Waals surface area (Å²) in [4.78, 5) is 11.6. The van der Waals surface area contributed by atoms with Crippen molar-refractivity contribution in [1.29, 1.82) is 0 Å². The van der Waals surface area contributed by atoms with Crippen LogP contribution in [0.25, 0.3) is 0 Å². The van der Waals surface area contributed by atoms with Crippen LogP contribution < -0.4 is 0 Å². The molecule has 0 aromatic carbocycles. The summed E-state index contributed by atoms with van der Waals surface area (Å²) in [5.74, 6) is 0.0926. The Labute approximate surface area is 74.2 Å². The molecule has 1 amide bonds. The van der Waals surface area contributed by atoms with Gasteiger partial charge >= 0.3 is 0 Å². The fraction of sp³-hybridized carbons (Fsp3) is 0.750. The molecule has 0 aliphatic carbocycles. The van der Waals surface area contributed by atoms with Crippen molar-refractivity contribution >= 4 is 43.1 Å². The van der Waals surface area contributed by atoms with E-state index in [9.17, 15) is 4.79 Å². The largest absolute Gasteiger partial charge is 0.349 e. The van der Waals surface area contributed by atoms with Crippen molar-refractivity contribution in [2.75, 3.05) is 14.1 Å². The number of carbonyl (C=O) groups excluding carboxylic acids is 1. The minimum Gasteiger partial charge on any atom is -0.349 e. The second kappa shape index (κ2) is 11.2. The predicted molar refractivity (Wildman–Crippen MR) is 46.1 cm³/mol. The Balaban J connectivity index is -0.0000000417. The van der Waals surface area contributed by atoms with Gasteiger partial charge in [-0.15, -0.1) is 37.2 Å². The number of amides is 1. The highest BCUT2D eigenvalue weighted by Gasteiger charge is 1.87. The lowest BCUT2D eigenvalue weighted by Crippen LogP contribution is -2.17. The van der Waals surface area contributed by atoms with E-state index < -0.39 is 0 Å². The zero-order valence-corrected chi connectivity index (χ0v) is 8.03. The van der Waals surface area contributed by atoms with Gasteiger partial charge in [-0.05, 0) is 0 Å². The monoisotopic (exact) mass is 195 g/mol. The minimum atomic E-state index is 0. The van der Waals surface area contributed by atoms with Crippen LogP contribution in [0, 0.1) is 0 Å². The number of hydrogen-bond acceptors (Lipinski definition) is 1. The van der Waals surface area contributed by atoms with Crippen molar-refractivity contribution in [2.24, 2.45) is 0 Å². The van der Waals surface area contributed by atoms with E-state index in [1.807, 2.05) is 0 Å². The van der Waals surface area contributed by atoms with E-state index >= 15 is 0 Å². The maximum atomic E-state index is 10.1. The molecule has 9 heavy (non-hydrogen) atoms. The van der Waals surface area contributed by atoms with Gasteiger partial charge in [-0.2, -0.15) is 0 Å². The van der Waals surface area contributed by atoms with Crippen LogP contribution >= 0.6 is 37.2 Å². The Morgan fingerprint density at radius 2 is 1.22 bits per heavy atom. The lowest BCUT2D eigenvalue weighted by molar-refractivity contribution is -0.126. The van der Waals surface area contributed by atoms with Crippen molar-refractivity contribution in [3.05, 3.63) is 0 Å². The first-order chi connectivity index (χ1) is 2.64. The molecule has 0 atom stereocenters. The smallest absolute Gasteiger partial charge is 0.218 e. The lowest BCUT2D eigenvalue weighted by atomic mass is 10.7. The van der Waals surface area contributed by atoms with Crippen LogP contribution in [-0.2, 0) is 4.79 Å². The summed E-state index contributed by atoms with van der Waals surface area (Å²) in [6.45, 7) is 1.53. The van der Waals surface area contributed by atoms with E-state index in [-0.39, 0.29) is 43.1 Å². The van der Waals surface area contributed by atoms with Gasteiger partial charge in [0, 0.05) is 21.0 Å². The first kappa shape index (κ1) is 22.8. The standard InChI is InChI=1S/C4H9NO.3ClH/c1-4(6)5(2)3;;;/h1-3H3;3*1H. The Morgan fingerprint density at radius 3 is 1.22 bits per heavy atom. The first-order valence-corrected chi connectivity index (χ1v) is 1.82. The van der Waals surface area contributed by atoms with Gasteiger partial charge in [-0.25, -0.2) is 0 Å². The Bertz CT molecular complexity index is 66.8. The summed E-state index contributed by atoms with van der Waals surface area (Å²) >= 11 is 0. The van der Waals surface area contributed by atoms with Gasteiger partial charge in [0.15, 0.2) is 0 Å². The van der Waals surface area contributed by atoms with E-state index in [0.717, 1.165) is 0 Å². The first-order valence-electron chi connectivity index (χ1n) is 1.82. The van der Waals surface area contributed by atoms with Gasteiger partial charge in [0.1, 0.15) is 0 Å². The zero-order chi connectivity index (χ0) is 5.15. The summed E-state index contributed by atoms with van der Waals surface area (Å²) in [5, 5.41) is 0. The molecule has 0 heterocycles. The van der Waals surface area contributed by atoms with Crippen molar-refractivity contribution in [3.63, 3.8) is 0 Å².